The van der Waals surface area contributed by atoms with Crippen LogP contribution in [0.5, 0.6) is 11.5 Å². The Bertz CT molecular complexity index is 892. The Morgan fingerprint density at radius 3 is 1.96 bits per heavy atom. The Morgan fingerprint density at radius 2 is 1.46 bits per heavy atom. The molecule has 0 spiro atoms. The van der Waals surface area contributed by atoms with Gasteiger partial charge in [-0.3, -0.25) is 9.59 Å². The van der Waals surface area contributed by atoms with Crippen LogP contribution in [0.15, 0.2) is 11.8 Å². The van der Waals surface area contributed by atoms with Crippen molar-refractivity contribution < 1.29 is 30.0 Å². The van der Waals surface area contributed by atoms with E-state index in [-0.39, 0.29) is 46.8 Å². The van der Waals surface area contributed by atoms with Crippen molar-refractivity contribution in [1.82, 2.24) is 5.32 Å². The van der Waals surface area contributed by atoms with Crippen molar-refractivity contribution in [3.05, 3.63) is 34.0 Å². The summed E-state index contributed by atoms with van der Waals surface area (Å²) in [6.07, 6.45) is 2.65. The summed E-state index contributed by atoms with van der Waals surface area (Å²) in [5.41, 5.74) is -3.13. The lowest BCUT2D eigenvalue weighted by Crippen LogP contribution is -2.55. The molecule has 138 valence electrons. The van der Waals surface area contributed by atoms with Gasteiger partial charge in [0.1, 0.15) is 11.5 Å². The van der Waals surface area contributed by atoms with E-state index in [0.717, 1.165) is 18.9 Å². The first-order valence-corrected chi connectivity index (χ1v) is 8.65. The largest absolute Gasteiger partial charge is 0.507 e. The standard InChI is InChI=1S/C19H21NO6/c1-18(25)6-9-10(7-19(18,2)26)16(23)14-13(15(9)22)12(21)5-11(17(14)24)20-8-3-4-8/h5,8,20,22-23,25-26H,3-4,6-7H2,1-2H3/t18-,19+/m1/s1. The van der Waals surface area contributed by atoms with E-state index in [4.69, 9.17) is 0 Å². The van der Waals surface area contributed by atoms with E-state index in [1.54, 1.807) is 0 Å². The number of benzene rings is 1. The van der Waals surface area contributed by atoms with Crippen LogP contribution in [0.25, 0.3) is 0 Å². The number of hydrogen-bond acceptors (Lipinski definition) is 7. The van der Waals surface area contributed by atoms with Crippen LogP contribution in [-0.4, -0.2) is 49.2 Å². The number of phenolic OH excluding ortho intramolecular Hbond substituents is 2. The van der Waals surface area contributed by atoms with Crippen molar-refractivity contribution >= 4 is 11.6 Å². The smallest absolute Gasteiger partial charge is 0.213 e. The van der Waals surface area contributed by atoms with Crippen LogP contribution in [0.3, 0.4) is 0 Å². The van der Waals surface area contributed by atoms with Crippen molar-refractivity contribution in [3.8, 4) is 11.5 Å². The summed E-state index contributed by atoms with van der Waals surface area (Å²) in [6, 6.07) is 0.142. The SMILES string of the molecule is C[C@]1(O)Cc2c(O)c3c(c(O)c2C[C@@]1(C)O)C(=O)C=C(NC1CC1)C3=O. The first-order chi connectivity index (χ1) is 12.0. The number of carbonyl (C=O) groups is 2. The average molecular weight is 359 g/mol. The van der Waals surface area contributed by atoms with Gasteiger partial charge in [-0.1, -0.05) is 0 Å². The van der Waals surface area contributed by atoms with Gasteiger partial charge in [0.05, 0.1) is 28.0 Å². The fraction of sp³-hybridized carbons (Fsp3) is 0.474. The molecule has 4 rings (SSSR count). The van der Waals surface area contributed by atoms with Gasteiger partial charge in [-0.05, 0) is 26.7 Å². The van der Waals surface area contributed by atoms with Gasteiger partial charge in [-0.25, -0.2) is 0 Å². The lowest BCUT2D eigenvalue weighted by Gasteiger charge is -2.44. The second kappa shape index (κ2) is 5.08. The highest BCUT2D eigenvalue weighted by atomic mass is 16.4. The quantitative estimate of drug-likeness (QED) is 0.492. The third kappa shape index (κ3) is 2.27. The van der Waals surface area contributed by atoms with Crippen LogP contribution in [0, 0.1) is 0 Å². The van der Waals surface area contributed by atoms with Crippen LogP contribution in [-0.2, 0) is 12.8 Å². The molecule has 0 bridgehead atoms. The van der Waals surface area contributed by atoms with E-state index >= 15 is 0 Å². The van der Waals surface area contributed by atoms with Crippen molar-refractivity contribution in [1.29, 1.82) is 0 Å². The molecule has 5 N–H and O–H groups in total. The number of ketones is 2. The van der Waals surface area contributed by atoms with Gasteiger partial charge >= 0.3 is 0 Å². The molecule has 26 heavy (non-hydrogen) atoms. The summed E-state index contributed by atoms with van der Waals surface area (Å²) in [4.78, 5) is 25.3. The predicted molar refractivity (Wildman–Crippen MR) is 91.3 cm³/mol. The molecular formula is C19H21NO6. The molecule has 3 aliphatic rings. The lowest BCUT2D eigenvalue weighted by molar-refractivity contribution is -0.135. The minimum absolute atomic E-state index is 0.106. The van der Waals surface area contributed by atoms with Crippen molar-refractivity contribution in [2.75, 3.05) is 0 Å². The molecule has 0 unspecified atom stereocenters. The zero-order valence-electron chi connectivity index (χ0n) is 14.6. The number of allylic oxidation sites excluding steroid dienone is 2. The van der Waals surface area contributed by atoms with Crippen molar-refractivity contribution in [2.45, 2.75) is 56.8 Å². The molecule has 0 saturated heterocycles. The zero-order valence-corrected chi connectivity index (χ0v) is 14.6. The van der Waals surface area contributed by atoms with Crippen LogP contribution in [0.1, 0.15) is 58.5 Å². The molecule has 0 aliphatic heterocycles. The minimum Gasteiger partial charge on any atom is -0.507 e. The Hall–Kier alpha value is -2.38. The first-order valence-electron chi connectivity index (χ1n) is 8.65. The normalized spacial score (nSPS) is 30.5. The molecule has 2 atom stereocenters. The Kier molecular flexibility index (Phi) is 3.33. The van der Waals surface area contributed by atoms with Crippen LogP contribution in [0.4, 0.5) is 0 Å². The van der Waals surface area contributed by atoms with Gasteiger partial charge in [0.25, 0.3) is 0 Å². The molecule has 0 radical (unpaired) electrons. The molecule has 7 nitrogen and oxygen atoms in total. The molecule has 3 aliphatic carbocycles. The van der Waals surface area contributed by atoms with E-state index in [1.165, 1.54) is 13.8 Å². The molecule has 1 aromatic rings. The summed E-state index contributed by atoms with van der Waals surface area (Å²) < 4.78 is 0. The molecule has 7 heteroatoms. The van der Waals surface area contributed by atoms with E-state index in [2.05, 4.69) is 5.32 Å². The highest BCUT2D eigenvalue weighted by molar-refractivity contribution is 6.26. The van der Waals surface area contributed by atoms with Crippen LogP contribution in [0.2, 0.25) is 0 Å². The number of fused-ring (bicyclic) bond motifs is 2. The second-order valence-corrected chi connectivity index (χ2v) is 7.98. The summed E-state index contributed by atoms with van der Waals surface area (Å²) in [7, 11) is 0. The molecule has 0 heterocycles. The van der Waals surface area contributed by atoms with Crippen LogP contribution < -0.4 is 5.32 Å². The Morgan fingerprint density at radius 1 is 0.962 bits per heavy atom. The fourth-order valence-electron chi connectivity index (χ4n) is 3.69. The van der Waals surface area contributed by atoms with Crippen LogP contribution >= 0.6 is 0 Å². The second-order valence-electron chi connectivity index (χ2n) is 7.98. The zero-order chi connectivity index (χ0) is 19.0. The number of nitrogens with one attached hydrogen (secondary N) is 1. The number of carbonyl (C=O) groups excluding carboxylic acids is 2. The molecule has 1 saturated carbocycles. The summed E-state index contributed by atoms with van der Waals surface area (Å²) in [5, 5.41) is 45.4. The number of phenols is 2. The number of Topliss-reactive ketones (excluding diaryl/α,β-unsaturated/α-hetero) is 1. The average Bonchev–Trinajstić information content (AvgIpc) is 3.34. The van der Waals surface area contributed by atoms with Gasteiger partial charge in [-0.15, -0.1) is 0 Å². The van der Waals surface area contributed by atoms with Gasteiger partial charge in [0.15, 0.2) is 5.78 Å². The third-order valence-electron chi connectivity index (χ3n) is 5.79. The highest BCUT2D eigenvalue weighted by Crippen LogP contribution is 2.48. The Labute approximate surface area is 150 Å². The number of hydrogen-bond donors (Lipinski definition) is 5. The van der Waals surface area contributed by atoms with Gasteiger partial charge in [0, 0.05) is 36.1 Å². The lowest BCUT2D eigenvalue weighted by atomic mass is 9.69. The summed E-state index contributed by atoms with van der Waals surface area (Å²) in [6.45, 7) is 2.86. The minimum atomic E-state index is -1.56. The molecule has 1 fully saturated rings. The maximum Gasteiger partial charge on any atom is 0.213 e. The van der Waals surface area contributed by atoms with Gasteiger partial charge < -0.3 is 25.7 Å². The van der Waals surface area contributed by atoms with E-state index < -0.39 is 34.3 Å². The first kappa shape index (κ1) is 17.1. The van der Waals surface area contributed by atoms with E-state index in [0.29, 0.717) is 0 Å². The monoisotopic (exact) mass is 359 g/mol. The van der Waals surface area contributed by atoms with Crippen molar-refractivity contribution in [2.24, 2.45) is 0 Å². The van der Waals surface area contributed by atoms with Crippen molar-refractivity contribution in [3.63, 3.8) is 0 Å². The maximum atomic E-state index is 12.8. The molecule has 0 amide bonds. The highest BCUT2D eigenvalue weighted by Gasteiger charge is 2.49. The Balaban J connectivity index is 1.90. The number of aromatic hydroxyl groups is 2. The molecule has 0 aromatic heterocycles. The number of aliphatic hydroxyl groups is 2. The van der Waals surface area contributed by atoms with Gasteiger partial charge in [-0.2, -0.15) is 0 Å². The summed E-state index contributed by atoms with van der Waals surface area (Å²) in [5.74, 6) is -1.96. The van der Waals surface area contributed by atoms with E-state index in [9.17, 15) is 30.0 Å². The third-order valence-corrected chi connectivity index (χ3v) is 5.79. The fourth-order valence-corrected chi connectivity index (χ4v) is 3.69. The number of rotatable bonds is 2. The molecular weight excluding hydrogens is 338 g/mol. The van der Waals surface area contributed by atoms with Gasteiger partial charge in [0.2, 0.25) is 5.78 Å². The summed E-state index contributed by atoms with van der Waals surface area (Å²) >= 11 is 0. The topological polar surface area (TPSA) is 127 Å². The van der Waals surface area contributed by atoms with E-state index in [1.807, 2.05) is 0 Å². The predicted octanol–water partition coefficient (Wildman–Crippen LogP) is 0.713. The maximum absolute atomic E-state index is 12.8. The molecule has 1 aromatic carbocycles.